The number of ether oxygens (including phenoxy) is 1. The van der Waals surface area contributed by atoms with Crippen LogP contribution in [0, 0.1) is 6.92 Å². The molecule has 0 spiro atoms. The monoisotopic (exact) mass is 347 g/mol. The minimum Gasteiger partial charge on any atom is -0.354 e. The van der Waals surface area contributed by atoms with E-state index in [2.05, 4.69) is 15.0 Å². The summed E-state index contributed by atoms with van der Waals surface area (Å²) in [6.45, 7) is 2.91. The summed E-state index contributed by atoms with van der Waals surface area (Å²) in [5.74, 6) is 0. The second-order valence-electron chi connectivity index (χ2n) is 4.86. The zero-order valence-corrected chi connectivity index (χ0v) is 13.5. The molecular formula is C11H18N5O6P. The van der Waals surface area contributed by atoms with E-state index in [1.165, 1.54) is 13.1 Å². The molecule has 0 amide bonds. The van der Waals surface area contributed by atoms with E-state index in [1.54, 1.807) is 6.92 Å². The second kappa shape index (κ2) is 8.09. The largest absolute Gasteiger partial charge is 0.354 e. The first-order chi connectivity index (χ1) is 10.7. The van der Waals surface area contributed by atoms with Gasteiger partial charge < -0.3 is 14.5 Å². The van der Waals surface area contributed by atoms with Crippen LogP contribution in [-0.4, -0.2) is 38.1 Å². The summed E-state index contributed by atoms with van der Waals surface area (Å²) in [5, 5.41) is 3.26. The third kappa shape index (κ3) is 6.01. The molecule has 1 aromatic heterocycles. The van der Waals surface area contributed by atoms with E-state index in [0.717, 1.165) is 4.57 Å². The van der Waals surface area contributed by atoms with Crippen molar-refractivity contribution in [3.05, 3.63) is 43.0 Å². The molecule has 1 aromatic rings. The van der Waals surface area contributed by atoms with Crippen LogP contribution in [0.2, 0.25) is 0 Å². The van der Waals surface area contributed by atoms with Crippen molar-refractivity contribution < 1.29 is 19.1 Å². The van der Waals surface area contributed by atoms with Crippen molar-refractivity contribution in [1.29, 1.82) is 0 Å². The number of aromatic nitrogens is 2. The summed E-state index contributed by atoms with van der Waals surface area (Å²) in [6.07, 6.45) is -1.00. The molecule has 12 heteroatoms. The average Bonchev–Trinajstić information content (AvgIpc) is 2.44. The van der Waals surface area contributed by atoms with Gasteiger partial charge in [-0.1, -0.05) is 12.0 Å². The van der Waals surface area contributed by atoms with Gasteiger partial charge in [0.2, 0.25) is 0 Å². The Morgan fingerprint density at radius 3 is 2.70 bits per heavy atom. The number of rotatable bonds is 8. The summed E-state index contributed by atoms with van der Waals surface area (Å²) in [7, 11) is -4.40. The maximum Gasteiger partial charge on any atom is 0.330 e. The third-order valence-corrected chi connectivity index (χ3v) is 3.83. The Kier molecular flexibility index (Phi) is 6.74. The van der Waals surface area contributed by atoms with E-state index in [4.69, 9.17) is 20.1 Å². The minimum absolute atomic E-state index is 0.285. The van der Waals surface area contributed by atoms with E-state index in [-0.39, 0.29) is 12.1 Å². The van der Waals surface area contributed by atoms with E-state index in [9.17, 15) is 14.2 Å². The zero-order chi connectivity index (χ0) is 17.6. The van der Waals surface area contributed by atoms with Crippen molar-refractivity contribution in [3.63, 3.8) is 0 Å². The lowest BCUT2D eigenvalue weighted by Gasteiger charge is -2.25. The molecule has 0 aromatic carbocycles. The fourth-order valence-electron chi connectivity index (χ4n) is 1.92. The molecule has 1 heterocycles. The predicted octanol–water partition coefficient (Wildman–Crippen LogP) is 0.627. The van der Waals surface area contributed by atoms with E-state index in [0.29, 0.717) is 6.42 Å². The van der Waals surface area contributed by atoms with Gasteiger partial charge in [-0.15, -0.1) is 0 Å². The summed E-state index contributed by atoms with van der Waals surface area (Å²) < 4.78 is 17.8. The van der Waals surface area contributed by atoms with Crippen LogP contribution in [0.1, 0.15) is 25.1 Å². The molecule has 0 bridgehead atoms. The lowest BCUT2D eigenvalue weighted by atomic mass is 10.3. The standard InChI is InChI=1S/C11H18N5O6P/c1-3-9(16-5-7(2)10(17)14-11(16)18)22-8(4-13-15-12)6-23(19,20)21/h5,8-9H,3-4,6H2,1-2H3,(H,14,17,18)(H2,19,20,21)/t8-,9+/m0/s1. The first-order valence-corrected chi connectivity index (χ1v) is 8.50. The topological polar surface area (TPSA) is 170 Å². The Balaban J connectivity index is 3.10. The maximum atomic E-state index is 11.9. The third-order valence-electron chi connectivity index (χ3n) is 2.94. The molecule has 0 saturated carbocycles. The molecule has 0 saturated heterocycles. The van der Waals surface area contributed by atoms with Crippen LogP contribution in [0.5, 0.6) is 0 Å². The van der Waals surface area contributed by atoms with Crippen LogP contribution >= 0.6 is 7.60 Å². The van der Waals surface area contributed by atoms with Crippen LogP contribution in [-0.2, 0) is 9.30 Å². The van der Waals surface area contributed by atoms with E-state index >= 15 is 0 Å². The lowest BCUT2D eigenvalue weighted by Crippen LogP contribution is -2.36. The molecule has 0 unspecified atom stereocenters. The van der Waals surface area contributed by atoms with Gasteiger partial charge in [0.15, 0.2) is 0 Å². The number of hydrogen-bond donors (Lipinski definition) is 3. The molecule has 2 atom stereocenters. The number of aromatic amines is 1. The van der Waals surface area contributed by atoms with Gasteiger partial charge in [0, 0.05) is 16.7 Å². The molecule has 11 nitrogen and oxygen atoms in total. The second-order valence-corrected chi connectivity index (χ2v) is 6.55. The summed E-state index contributed by atoms with van der Waals surface area (Å²) >= 11 is 0. The normalized spacial score (nSPS) is 14.1. The highest BCUT2D eigenvalue weighted by atomic mass is 31.2. The number of azide groups is 1. The number of nitrogens with one attached hydrogen (secondary N) is 1. The molecule has 128 valence electrons. The van der Waals surface area contributed by atoms with Crippen LogP contribution in [0.25, 0.3) is 10.4 Å². The SMILES string of the molecule is CC[C@@H](O[C@@H](CN=[N+]=[N-])CP(=O)(O)O)n1cc(C)c(=O)[nH]c1=O. The Labute approximate surface area is 130 Å². The average molecular weight is 347 g/mol. The molecule has 1 rings (SSSR count). The van der Waals surface area contributed by atoms with Gasteiger partial charge in [0.25, 0.3) is 5.56 Å². The Bertz CT molecular complexity index is 746. The van der Waals surface area contributed by atoms with Crippen molar-refractivity contribution in [3.8, 4) is 0 Å². The maximum absolute atomic E-state index is 11.9. The van der Waals surface area contributed by atoms with Gasteiger partial charge in [-0.3, -0.25) is 18.9 Å². The molecule has 0 radical (unpaired) electrons. The summed E-state index contributed by atoms with van der Waals surface area (Å²) in [5.41, 5.74) is 7.40. The minimum atomic E-state index is -4.40. The molecule has 0 fully saturated rings. The number of hydrogen-bond acceptors (Lipinski definition) is 5. The number of H-pyrrole nitrogens is 1. The highest BCUT2D eigenvalue weighted by Crippen LogP contribution is 2.36. The smallest absolute Gasteiger partial charge is 0.330 e. The van der Waals surface area contributed by atoms with Crippen LogP contribution < -0.4 is 11.2 Å². The summed E-state index contributed by atoms with van der Waals surface area (Å²) in [6, 6.07) is 0. The quantitative estimate of drug-likeness (QED) is 0.269. The van der Waals surface area contributed by atoms with E-state index in [1.807, 2.05) is 0 Å². The molecule has 0 aliphatic heterocycles. The Morgan fingerprint density at radius 1 is 1.52 bits per heavy atom. The Hall–Kier alpha value is -1.90. The summed E-state index contributed by atoms with van der Waals surface area (Å²) in [4.78, 5) is 46.0. The fourth-order valence-corrected chi connectivity index (χ4v) is 2.65. The molecule has 23 heavy (non-hydrogen) atoms. The predicted molar refractivity (Wildman–Crippen MR) is 81.2 cm³/mol. The highest BCUT2D eigenvalue weighted by Gasteiger charge is 2.25. The molecule has 0 aliphatic carbocycles. The van der Waals surface area contributed by atoms with Gasteiger partial charge in [-0.2, -0.15) is 0 Å². The van der Waals surface area contributed by atoms with Crippen molar-refractivity contribution in [2.75, 3.05) is 12.7 Å². The Morgan fingerprint density at radius 2 is 2.17 bits per heavy atom. The van der Waals surface area contributed by atoms with Crippen LogP contribution in [0.3, 0.4) is 0 Å². The van der Waals surface area contributed by atoms with Gasteiger partial charge in [0.05, 0.1) is 18.8 Å². The van der Waals surface area contributed by atoms with Crippen LogP contribution in [0.15, 0.2) is 20.9 Å². The van der Waals surface area contributed by atoms with Crippen molar-refractivity contribution in [1.82, 2.24) is 9.55 Å². The first kappa shape index (κ1) is 19.1. The van der Waals surface area contributed by atoms with Gasteiger partial charge in [-0.05, 0) is 18.9 Å². The van der Waals surface area contributed by atoms with Crippen molar-refractivity contribution in [2.24, 2.45) is 5.11 Å². The van der Waals surface area contributed by atoms with Gasteiger partial charge >= 0.3 is 13.3 Å². The van der Waals surface area contributed by atoms with Crippen molar-refractivity contribution >= 4 is 7.60 Å². The number of aryl methyl sites for hydroxylation is 1. The zero-order valence-electron chi connectivity index (χ0n) is 12.6. The van der Waals surface area contributed by atoms with E-state index < -0.39 is 37.3 Å². The van der Waals surface area contributed by atoms with Crippen LogP contribution in [0.4, 0.5) is 0 Å². The highest BCUT2D eigenvalue weighted by molar-refractivity contribution is 7.51. The molecule has 0 aliphatic rings. The fraction of sp³-hybridized carbons (Fsp3) is 0.636. The number of nitrogens with zero attached hydrogens (tertiary/aromatic N) is 4. The lowest BCUT2D eigenvalue weighted by molar-refractivity contribution is -0.0458. The van der Waals surface area contributed by atoms with Crippen molar-refractivity contribution in [2.45, 2.75) is 32.6 Å². The first-order valence-electron chi connectivity index (χ1n) is 6.71. The van der Waals surface area contributed by atoms with Gasteiger partial charge in [-0.25, -0.2) is 4.79 Å². The van der Waals surface area contributed by atoms with Gasteiger partial charge in [0.1, 0.15) is 6.23 Å². The molecular weight excluding hydrogens is 329 g/mol. The molecule has 3 N–H and O–H groups in total.